The van der Waals surface area contributed by atoms with Gasteiger partial charge in [0.15, 0.2) is 8.24 Å². The van der Waals surface area contributed by atoms with Crippen molar-refractivity contribution in [2.24, 2.45) is 0 Å². The van der Waals surface area contributed by atoms with Crippen LogP contribution in [0.25, 0.3) is 11.0 Å². The molecule has 4 aromatic heterocycles. The van der Waals surface area contributed by atoms with E-state index in [9.17, 15) is 5.11 Å². The Kier molecular flexibility index (Phi) is 7.22. The molecular formula is C32H41FN6OSi. The number of pyridine rings is 2. The fourth-order valence-electron chi connectivity index (χ4n) is 7.25. The lowest BCUT2D eigenvalue weighted by Crippen LogP contribution is -2.51. The summed E-state index contributed by atoms with van der Waals surface area (Å²) in [4.78, 5) is 18.2. The fourth-order valence-corrected chi connectivity index (χ4v) is 13.8. The van der Waals surface area contributed by atoms with Gasteiger partial charge in [0, 0.05) is 40.2 Å². The van der Waals surface area contributed by atoms with Crippen molar-refractivity contribution in [2.75, 3.05) is 5.32 Å². The molecular weight excluding hydrogens is 531 g/mol. The summed E-state index contributed by atoms with van der Waals surface area (Å²) in [7, 11) is -2.21. The molecule has 0 aromatic carbocycles. The molecule has 1 atom stereocenters. The number of halogens is 1. The molecule has 1 unspecified atom stereocenters. The summed E-state index contributed by atoms with van der Waals surface area (Å²) in [5.41, 5.74) is 5.79. The van der Waals surface area contributed by atoms with Crippen LogP contribution in [0.4, 0.5) is 15.9 Å². The summed E-state index contributed by atoms with van der Waals surface area (Å²) >= 11 is 0. The molecule has 4 heterocycles. The van der Waals surface area contributed by atoms with Crippen LogP contribution in [-0.2, 0) is 0 Å². The Bertz CT molecular complexity index is 1540. The topological polar surface area (TPSA) is 88.8 Å². The maximum absolute atomic E-state index is 15.6. The first kappa shape index (κ1) is 28.0. The first-order valence-electron chi connectivity index (χ1n) is 15.1. The predicted molar refractivity (Wildman–Crippen MR) is 164 cm³/mol. The van der Waals surface area contributed by atoms with Gasteiger partial charge in [-0.05, 0) is 66.6 Å². The third-order valence-corrected chi connectivity index (χ3v) is 16.0. The van der Waals surface area contributed by atoms with E-state index in [1.165, 1.54) is 12.8 Å². The number of rotatable bonds is 10. The zero-order valence-corrected chi connectivity index (χ0v) is 25.9. The molecule has 9 heteroatoms. The first-order chi connectivity index (χ1) is 19.6. The Morgan fingerprint density at radius 2 is 1.56 bits per heavy atom. The van der Waals surface area contributed by atoms with E-state index in [0.717, 1.165) is 41.0 Å². The molecule has 4 aromatic rings. The van der Waals surface area contributed by atoms with Gasteiger partial charge in [-0.25, -0.2) is 15.0 Å². The number of anilines is 2. The SMILES string of the molecule is CC(C)[Si](C(C)C)(C(C)C)n1cc(C(O)c2ccc(Nc3ccc(C4CC4)nc3)nc2F)c2c(C3CC3)ncnc21. The van der Waals surface area contributed by atoms with Crippen molar-refractivity contribution in [1.29, 1.82) is 0 Å². The Morgan fingerprint density at radius 3 is 2.12 bits per heavy atom. The maximum Gasteiger partial charge on any atom is 0.220 e. The van der Waals surface area contributed by atoms with Gasteiger partial charge in [-0.3, -0.25) is 4.98 Å². The quantitative estimate of drug-likeness (QED) is 0.148. The minimum Gasteiger partial charge on any atom is -0.383 e. The molecule has 2 saturated carbocycles. The third-order valence-electron chi connectivity index (χ3n) is 9.32. The van der Waals surface area contributed by atoms with Crippen LogP contribution in [0.15, 0.2) is 43.0 Å². The van der Waals surface area contributed by atoms with Crippen LogP contribution in [-0.4, -0.2) is 37.5 Å². The molecule has 6 rings (SSSR count). The number of nitrogens with one attached hydrogen (secondary N) is 1. The van der Waals surface area contributed by atoms with E-state index in [1.54, 1.807) is 24.7 Å². The van der Waals surface area contributed by atoms with Gasteiger partial charge in [-0.1, -0.05) is 41.5 Å². The van der Waals surface area contributed by atoms with Crippen LogP contribution in [0.3, 0.4) is 0 Å². The number of hydrogen-bond acceptors (Lipinski definition) is 6. The monoisotopic (exact) mass is 572 g/mol. The highest BCUT2D eigenvalue weighted by molar-refractivity contribution is 6.82. The maximum atomic E-state index is 15.6. The zero-order chi connectivity index (χ0) is 29.1. The summed E-state index contributed by atoms with van der Waals surface area (Å²) in [5, 5.41) is 15.8. The average molecular weight is 573 g/mol. The van der Waals surface area contributed by atoms with Crippen molar-refractivity contribution < 1.29 is 9.50 Å². The van der Waals surface area contributed by atoms with Crippen LogP contribution in [0, 0.1) is 5.95 Å². The van der Waals surface area contributed by atoms with E-state index in [0.29, 0.717) is 39.8 Å². The highest BCUT2D eigenvalue weighted by Crippen LogP contribution is 2.48. The average Bonchev–Trinajstić information content (AvgIpc) is 3.86. The second kappa shape index (κ2) is 10.6. The minimum atomic E-state index is -2.21. The molecule has 2 aliphatic carbocycles. The summed E-state index contributed by atoms with van der Waals surface area (Å²) < 4.78 is 18.0. The molecule has 2 N–H and O–H groups in total. The third kappa shape index (κ3) is 4.86. The Labute approximate surface area is 242 Å². The van der Waals surface area contributed by atoms with Crippen molar-refractivity contribution in [3.63, 3.8) is 0 Å². The normalized spacial score (nSPS) is 16.8. The lowest BCUT2D eigenvalue weighted by atomic mass is 10.0. The highest BCUT2D eigenvalue weighted by atomic mass is 28.3. The molecule has 0 aliphatic heterocycles. The summed E-state index contributed by atoms with van der Waals surface area (Å²) in [6.07, 6.45) is 8.83. The fraction of sp³-hybridized carbons (Fsp3) is 0.500. The van der Waals surface area contributed by atoms with Crippen molar-refractivity contribution in [3.8, 4) is 0 Å². The first-order valence-corrected chi connectivity index (χ1v) is 17.2. The molecule has 216 valence electrons. The Morgan fingerprint density at radius 1 is 0.878 bits per heavy atom. The van der Waals surface area contributed by atoms with E-state index in [1.807, 2.05) is 12.1 Å². The van der Waals surface area contributed by atoms with Crippen LogP contribution >= 0.6 is 0 Å². The van der Waals surface area contributed by atoms with Gasteiger partial charge in [-0.2, -0.15) is 4.39 Å². The van der Waals surface area contributed by atoms with Crippen LogP contribution < -0.4 is 5.32 Å². The molecule has 0 saturated heterocycles. The van der Waals surface area contributed by atoms with Crippen molar-refractivity contribution in [1.82, 2.24) is 24.2 Å². The lowest BCUT2D eigenvalue weighted by molar-refractivity contribution is 0.215. The van der Waals surface area contributed by atoms with Gasteiger partial charge in [0.25, 0.3) is 0 Å². The number of aliphatic hydroxyl groups excluding tert-OH is 1. The zero-order valence-electron chi connectivity index (χ0n) is 24.9. The van der Waals surface area contributed by atoms with Gasteiger partial charge in [0.2, 0.25) is 5.95 Å². The summed E-state index contributed by atoms with van der Waals surface area (Å²) in [6, 6.07) is 7.30. The van der Waals surface area contributed by atoms with Crippen LogP contribution in [0.5, 0.6) is 0 Å². The van der Waals surface area contributed by atoms with E-state index in [2.05, 4.69) is 67.3 Å². The van der Waals surface area contributed by atoms with Gasteiger partial charge in [-0.15, -0.1) is 0 Å². The summed E-state index contributed by atoms with van der Waals surface area (Å²) in [6.45, 7) is 13.8. The van der Waals surface area contributed by atoms with Crippen LogP contribution in [0.2, 0.25) is 16.6 Å². The molecule has 0 bridgehead atoms. The molecule has 0 spiro atoms. The number of aromatic nitrogens is 5. The number of aliphatic hydroxyl groups is 1. The number of fused-ring (bicyclic) bond motifs is 1. The van der Waals surface area contributed by atoms with Gasteiger partial charge >= 0.3 is 0 Å². The Hall–Kier alpha value is -3.17. The number of nitrogens with zero attached hydrogens (tertiary/aromatic N) is 5. The van der Waals surface area contributed by atoms with Gasteiger partial charge < -0.3 is 14.7 Å². The largest absolute Gasteiger partial charge is 0.383 e. The highest BCUT2D eigenvalue weighted by Gasteiger charge is 2.47. The molecule has 2 aliphatic rings. The standard InChI is InChI=1S/C32H41FN6OSi/c1-18(2)41(19(3)4,20(5)6)39-16-25(28-29(22-9-10-22)35-17-36-32(28)39)30(40)24-12-14-27(38-31(24)33)37-23-11-13-26(34-15-23)21-7-8-21/h11-22,30,40H,7-10H2,1-6H3,(H,37,38). The van der Waals surface area contributed by atoms with Crippen molar-refractivity contribution in [2.45, 2.75) is 102 Å². The van der Waals surface area contributed by atoms with Crippen LogP contribution in [0.1, 0.15) is 108 Å². The lowest BCUT2D eigenvalue weighted by Gasteiger charge is -2.44. The minimum absolute atomic E-state index is 0.147. The molecule has 41 heavy (non-hydrogen) atoms. The predicted octanol–water partition coefficient (Wildman–Crippen LogP) is 7.96. The van der Waals surface area contributed by atoms with Gasteiger partial charge in [0.1, 0.15) is 23.9 Å². The molecule has 0 radical (unpaired) electrons. The molecule has 7 nitrogen and oxygen atoms in total. The van der Waals surface area contributed by atoms with Crippen molar-refractivity contribution >= 4 is 30.8 Å². The second-order valence-corrected chi connectivity index (χ2v) is 18.6. The van der Waals surface area contributed by atoms with E-state index in [-0.39, 0.29) is 5.56 Å². The van der Waals surface area contributed by atoms with Gasteiger partial charge in [0.05, 0.1) is 17.6 Å². The smallest absolute Gasteiger partial charge is 0.220 e. The molecule has 2 fully saturated rings. The van der Waals surface area contributed by atoms with Crippen molar-refractivity contribution in [3.05, 3.63) is 71.4 Å². The van der Waals surface area contributed by atoms with E-state index < -0.39 is 20.3 Å². The van der Waals surface area contributed by atoms with E-state index in [4.69, 9.17) is 9.97 Å². The summed E-state index contributed by atoms with van der Waals surface area (Å²) in [5.74, 6) is 0.599. The Balaban J connectivity index is 1.41. The molecule has 0 amide bonds. The second-order valence-electron chi connectivity index (χ2n) is 12.9. The number of hydrogen-bond donors (Lipinski definition) is 2. The van der Waals surface area contributed by atoms with E-state index >= 15 is 4.39 Å².